The first-order valence-electron chi connectivity index (χ1n) is 8.39. The highest BCUT2D eigenvalue weighted by Crippen LogP contribution is 2.27. The largest absolute Gasteiger partial charge is 0.337 e. The van der Waals surface area contributed by atoms with Gasteiger partial charge in [-0.1, -0.05) is 6.07 Å². The van der Waals surface area contributed by atoms with Gasteiger partial charge in [0.1, 0.15) is 11.5 Å². The number of hydrogen-bond acceptors (Lipinski definition) is 5. The summed E-state index contributed by atoms with van der Waals surface area (Å²) < 4.78 is 2.15. The molecule has 1 fully saturated rings. The zero-order valence-electron chi connectivity index (χ0n) is 13.8. The van der Waals surface area contributed by atoms with Crippen LogP contribution < -0.4 is 0 Å². The smallest absolute Gasteiger partial charge is 0.272 e. The Morgan fingerprint density at radius 1 is 1.24 bits per heavy atom. The molecule has 128 valence electrons. The van der Waals surface area contributed by atoms with Gasteiger partial charge in [-0.05, 0) is 25.0 Å². The molecule has 3 aromatic rings. The first-order valence-corrected chi connectivity index (χ1v) is 9.34. The van der Waals surface area contributed by atoms with Crippen molar-refractivity contribution in [2.24, 2.45) is 0 Å². The molecule has 4 heterocycles. The van der Waals surface area contributed by atoms with Gasteiger partial charge in [0, 0.05) is 43.0 Å². The van der Waals surface area contributed by atoms with E-state index in [1.54, 1.807) is 23.6 Å². The molecule has 1 amide bonds. The standard InChI is InChI=1S/C18H19N5OS/c24-18(16-5-1-2-6-19-16)23-8-3-4-14(10-23)17-20-7-9-22(17)11-15-12-25-13-21-15/h1-2,5-7,9,12-14H,3-4,8,10-11H2/t14-/m0/s1. The summed E-state index contributed by atoms with van der Waals surface area (Å²) in [7, 11) is 0. The molecule has 3 aromatic heterocycles. The van der Waals surface area contributed by atoms with Crippen molar-refractivity contribution >= 4 is 17.2 Å². The number of carbonyl (C=O) groups excluding carboxylic acids is 1. The van der Waals surface area contributed by atoms with E-state index in [4.69, 9.17) is 0 Å². The molecular weight excluding hydrogens is 334 g/mol. The van der Waals surface area contributed by atoms with E-state index >= 15 is 0 Å². The second-order valence-corrected chi connectivity index (χ2v) is 6.92. The summed E-state index contributed by atoms with van der Waals surface area (Å²) in [6, 6.07) is 5.45. The van der Waals surface area contributed by atoms with Crippen LogP contribution >= 0.6 is 11.3 Å². The monoisotopic (exact) mass is 353 g/mol. The molecule has 1 aliphatic heterocycles. The first kappa shape index (κ1) is 16.0. The molecule has 0 aliphatic carbocycles. The highest BCUT2D eigenvalue weighted by Gasteiger charge is 2.28. The molecule has 1 saturated heterocycles. The molecule has 0 spiro atoms. The Morgan fingerprint density at radius 2 is 2.20 bits per heavy atom. The van der Waals surface area contributed by atoms with Gasteiger partial charge in [0.15, 0.2) is 0 Å². The van der Waals surface area contributed by atoms with Crippen molar-refractivity contribution in [3.8, 4) is 0 Å². The van der Waals surface area contributed by atoms with E-state index < -0.39 is 0 Å². The number of thiazole rings is 1. The number of pyridine rings is 1. The van der Waals surface area contributed by atoms with Gasteiger partial charge in [0.25, 0.3) is 5.91 Å². The molecule has 25 heavy (non-hydrogen) atoms. The van der Waals surface area contributed by atoms with Gasteiger partial charge in [0.05, 0.1) is 17.7 Å². The van der Waals surface area contributed by atoms with Crippen LogP contribution in [0.4, 0.5) is 0 Å². The summed E-state index contributed by atoms with van der Waals surface area (Å²) in [5.41, 5.74) is 3.40. The molecular formula is C18H19N5OS. The topological polar surface area (TPSA) is 63.9 Å². The summed E-state index contributed by atoms with van der Waals surface area (Å²) in [5, 5.41) is 2.06. The Labute approximate surface area is 150 Å². The Bertz CT molecular complexity index is 830. The molecule has 0 aromatic carbocycles. The summed E-state index contributed by atoms with van der Waals surface area (Å²) in [6.45, 7) is 2.19. The van der Waals surface area contributed by atoms with Crippen molar-refractivity contribution in [1.82, 2.24) is 24.4 Å². The maximum absolute atomic E-state index is 12.7. The summed E-state index contributed by atoms with van der Waals surface area (Å²) >= 11 is 1.60. The maximum atomic E-state index is 12.7. The SMILES string of the molecule is O=C(c1ccccn1)N1CCC[C@H](c2nccn2Cc2cscn2)C1. The highest BCUT2D eigenvalue weighted by molar-refractivity contribution is 7.07. The molecule has 0 N–H and O–H groups in total. The summed E-state index contributed by atoms with van der Waals surface area (Å²) in [6.07, 6.45) is 7.51. The average Bonchev–Trinajstić information content (AvgIpc) is 3.34. The number of rotatable bonds is 4. The molecule has 0 saturated carbocycles. The lowest BCUT2D eigenvalue weighted by Gasteiger charge is -2.32. The van der Waals surface area contributed by atoms with Gasteiger partial charge in [-0.3, -0.25) is 9.78 Å². The van der Waals surface area contributed by atoms with Crippen molar-refractivity contribution < 1.29 is 4.79 Å². The normalized spacial score (nSPS) is 17.6. The van der Waals surface area contributed by atoms with Crippen LogP contribution in [0.15, 0.2) is 47.7 Å². The van der Waals surface area contributed by atoms with Gasteiger partial charge >= 0.3 is 0 Å². The molecule has 7 heteroatoms. The van der Waals surface area contributed by atoms with Crippen molar-refractivity contribution in [3.05, 3.63) is 64.9 Å². The molecule has 0 bridgehead atoms. The third-order valence-corrected chi connectivity index (χ3v) is 5.16. The van der Waals surface area contributed by atoms with Crippen molar-refractivity contribution in [1.29, 1.82) is 0 Å². The highest BCUT2D eigenvalue weighted by atomic mass is 32.1. The molecule has 4 rings (SSSR count). The quantitative estimate of drug-likeness (QED) is 0.723. The fourth-order valence-electron chi connectivity index (χ4n) is 3.33. The van der Waals surface area contributed by atoms with Crippen LogP contribution in [-0.2, 0) is 6.54 Å². The van der Waals surface area contributed by atoms with Crippen LogP contribution in [0.5, 0.6) is 0 Å². The second-order valence-electron chi connectivity index (χ2n) is 6.20. The van der Waals surface area contributed by atoms with Crippen molar-refractivity contribution in [2.75, 3.05) is 13.1 Å². The van der Waals surface area contributed by atoms with Gasteiger partial charge < -0.3 is 9.47 Å². The fraction of sp³-hybridized carbons (Fsp3) is 0.333. The van der Waals surface area contributed by atoms with E-state index in [1.807, 2.05) is 34.9 Å². The summed E-state index contributed by atoms with van der Waals surface area (Å²) in [5.74, 6) is 1.28. The molecule has 6 nitrogen and oxygen atoms in total. The van der Waals surface area contributed by atoms with Crippen LogP contribution in [0.3, 0.4) is 0 Å². The average molecular weight is 353 g/mol. The number of carbonyl (C=O) groups is 1. The summed E-state index contributed by atoms with van der Waals surface area (Å²) in [4.78, 5) is 27.7. The fourth-order valence-corrected chi connectivity index (χ4v) is 3.88. The number of likely N-dealkylation sites (tertiary alicyclic amines) is 1. The molecule has 0 radical (unpaired) electrons. The number of hydrogen-bond donors (Lipinski definition) is 0. The van der Waals surface area contributed by atoms with Crippen LogP contribution in [0, 0.1) is 0 Å². The van der Waals surface area contributed by atoms with Gasteiger partial charge in [-0.2, -0.15) is 0 Å². The lowest BCUT2D eigenvalue weighted by Crippen LogP contribution is -2.40. The van der Waals surface area contributed by atoms with E-state index in [9.17, 15) is 4.79 Å². The zero-order valence-corrected chi connectivity index (χ0v) is 14.6. The number of amides is 1. The second kappa shape index (κ2) is 7.14. The molecule has 1 atom stereocenters. The molecule has 0 unspecified atom stereocenters. The minimum Gasteiger partial charge on any atom is -0.337 e. The minimum absolute atomic E-state index is 0.00269. The first-order chi connectivity index (χ1) is 12.3. The van der Waals surface area contributed by atoms with E-state index in [0.29, 0.717) is 12.2 Å². The Balaban J connectivity index is 1.50. The number of imidazole rings is 1. The number of piperidine rings is 1. The van der Waals surface area contributed by atoms with Crippen LogP contribution in [-0.4, -0.2) is 43.4 Å². The van der Waals surface area contributed by atoms with Gasteiger partial charge in [-0.25, -0.2) is 9.97 Å². The maximum Gasteiger partial charge on any atom is 0.272 e. The Kier molecular flexibility index (Phi) is 4.56. The molecule has 1 aliphatic rings. The predicted octanol–water partition coefficient (Wildman–Crippen LogP) is 2.80. The third kappa shape index (κ3) is 3.46. The Hall–Kier alpha value is -2.54. The zero-order chi connectivity index (χ0) is 17.1. The van der Waals surface area contributed by atoms with Crippen LogP contribution in [0.2, 0.25) is 0 Å². The lowest BCUT2D eigenvalue weighted by molar-refractivity contribution is 0.0697. The minimum atomic E-state index is 0.00269. The third-order valence-electron chi connectivity index (χ3n) is 4.52. The number of nitrogens with zero attached hydrogens (tertiary/aromatic N) is 5. The lowest BCUT2D eigenvalue weighted by atomic mass is 9.96. The number of aromatic nitrogens is 4. The van der Waals surface area contributed by atoms with Crippen LogP contribution in [0.1, 0.15) is 40.8 Å². The van der Waals surface area contributed by atoms with E-state index in [2.05, 4.69) is 24.9 Å². The Morgan fingerprint density at radius 3 is 3.00 bits per heavy atom. The van der Waals surface area contributed by atoms with Crippen LogP contribution in [0.25, 0.3) is 0 Å². The van der Waals surface area contributed by atoms with Gasteiger partial charge in [0.2, 0.25) is 0 Å². The van der Waals surface area contributed by atoms with E-state index in [1.165, 1.54) is 0 Å². The van der Waals surface area contributed by atoms with Crippen molar-refractivity contribution in [2.45, 2.75) is 25.3 Å². The van der Waals surface area contributed by atoms with E-state index in [0.717, 1.165) is 37.4 Å². The van der Waals surface area contributed by atoms with E-state index in [-0.39, 0.29) is 11.8 Å². The van der Waals surface area contributed by atoms with Gasteiger partial charge in [-0.15, -0.1) is 11.3 Å². The predicted molar refractivity (Wildman–Crippen MR) is 95.6 cm³/mol. The van der Waals surface area contributed by atoms with Crippen molar-refractivity contribution in [3.63, 3.8) is 0 Å².